The summed E-state index contributed by atoms with van der Waals surface area (Å²) in [5, 5.41) is 0.284. The van der Waals surface area contributed by atoms with Crippen molar-refractivity contribution in [3.05, 3.63) is 53.6 Å². The molecule has 5 heteroatoms. The maximum absolute atomic E-state index is 10.9. The van der Waals surface area contributed by atoms with Crippen molar-refractivity contribution < 1.29 is 13.0 Å². The van der Waals surface area contributed by atoms with Crippen molar-refractivity contribution in [2.24, 2.45) is 0 Å². The van der Waals surface area contributed by atoms with Crippen molar-refractivity contribution in [2.75, 3.05) is 0 Å². The zero-order valence-electron chi connectivity index (χ0n) is 8.67. The molecular formula is C12H9ClO3S. The van der Waals surface area contributed by atoms with E-state index in [2.05, 4.69) is 0 Å². The fourth-order valence-electron chi connectivity index (χ4n) is 1.51. The van der Waals surface area contributed by atoms with E-state index in [0.29, 0.717) is 0 Å². The van der Waals surface area contributed by atoms with E-state index < -0.39 is 10.1 Å². The molecule has 88 valence electrons. The van der Waals surface area contributed by atoms with Gasteiger partial charge in [0.15, 0.2) is 0 Å². The Morgan fingerprint density at radius 3 is 2.18 bits per heavy atom. The monoisotopic (exact) mass is 268 g/mol. The van der Waals surface area contributed by atoms with E-state index in [9.17, 15) is 8.42 Å². The standard InChI is InChI=1S/C12H9ClO3S/c13-12-8-10(17(14,15)16)6-7-11(12)9-4-2-1-3-5-9/h1-8H,(H,14,15,16). The summed E-state index contributed by atoms with van der Waals surface area (Å²) >= 11 is 5.99. The third-order valence-electron chi connectivity index (χ3n) is 2.32. The predicted octanol–water partition coefficient (Wildman–Crippen LogP) is 3.25. The molecule has 0 atom stereocenters. The first-order chi connectivity index (χ1) is 7.98. The Morgan fingerprint density at radius 2 is 1.65 bits per heavy atom. The molecule has 3 nitrogen and oxygen atoms in total. The molecule has 0 radical (unpaired) electrons. The van der Waals surface area contributed by atoms with Crippen molar-refractivity contribution >= 4 is 21.7 Å². The smallest absolute Gasteiger partial charge is 0.282 e. The van der Waals surface area contributed by atoms with Crippen LogP contribution in [0.15, 0.2) is 53.4 Å². The number of hydrogen-bond donors (Lipinski definition) is 1. The minimum absolute atomic E-state index is 0.206. The summed E-state index contributed by atoms with van der Waals surface area (Å²) in [5.41, 5.74) is 1.61. The average molecular weight is 269 g/mol. The van der Waals surface area contributed by atoms with Crippen molar-refractivity contribution in [2.45, 2.75) is 4.90 Å². The van der Waals surface area contributed by atoms with E-state index >= 15 is 0 Å². The molecule has 2 aromatic rings. The van der Waals surface area contributed by atoms with Crippen LogP contribution >= 0.6 is 11.6 Å². The third kappa shape index (κ3) is 2.66. The molecule has 2 rings (SSSR count). The maximum Gasteiger partial charge on any atom is 0.294 e. The van der Waals surface area contributed by atoms with Gasteiger partial charge < -0.3 is 0 Å². The van der Waals surface area contributed by atoms with Crippen LogP contribution in [0, 0.1) is 0 Å². The van der Waals surface area contributed by atoms with Crippen molar-refractivity contribution in [1.82, 2.24) is 0 Å². The Bertz CT molecular complexity index is 636. The molecule has 0 aromatic heterocycles. The first kappa shape index (κ1) is 12.1. The Kier molecular flexibility index (Phi) is 3.19. The van der Waals surface area contributed by atoms with Crippen LogP contribution in [0.5, 0.6) is 0 Å². The van der Waals surface area contributed by atoms with Crippen LogP contribution in [0.4, 0.5) is 0 Å². The lowest BCUT2D eigenvalue weighted by atomic mass is 10.1. The van der Waals surface area contributed by atoms with E-state index in [1.165, 1.54) is 12.1 Å². The number of rotatable bonds is 2. The zero-order valence-corrected chi connectivity index (χ0v) is 10.2. The van der Waals surface area contributed by atoms with Crippen LogP contribution < -0.4 is 0 Å². The quantitative estimate of drug-likeness (QED) is 0.851. The SMILES string of the molecule is O=S(=O)(O)c1ccc(-c2ccccc2)c(Cl)c1. The van der Waals surface area contributed by atoms with E-state index in [1.807, 2.05) is 30.3 Å². The van der Waals surface area contributed by atoms with E-state index in [4.69, 9.17) is 16.2 Å². The molecule has 0 saturated carbocycles. The van der Waals surface area contributed by atoms with Crippen molar-refractivity contribution in [1.29, 1.82) is 0 Å². The lowest BCUT2D eigenvalue weighted by molar-refractivity contribution is 0.483. The predicted molar refractivity (Wildman–Crippen MR) is 66.7 cm³/mol. The van der Waals surface area contributed by atoms with Crippen LogP contribution in [0.1, 0.15) is 0 Å². The molecule has 0 aliphatic heterocycles. The molecule has 17 heavy (non-hydrogen) atoms. The number of benzene rings is 2. The lowest BCUT2D eigenvalue weighted by Gasteiger charge is -2.05. The second kappa shape index (κ2) is 4.49. The molecule has 0 spiro atoms. The van der Waals surface area contributed by atoms with Gasteiger partial charge >= 0.3 is 0 Å². The molecule has 1 N–H and O–H groups in total. The maximum atomic E-state index is 10.9. The van der Waals surface area contributed by atoms with Crippen molar-refractivity contribution in [3.63, 3.8) is 0 Å². The molecule has 0 amide bonds. The molecule has 0 aliphatic rings. The summed E-state index contributed by atoms with van der Waals surface area (Å²) in [5.74, 6) is 0. The van der Waals surface area contributed by atoms with Gasteiger partial charge in [-0.3, -0.25) is 4.55 Å². The van der Waals surface area contributed by atoms with Crippen LogP contribution in [-0.4, -0.2) is 13.0 Å². The number of hydrogen-bond acceptors (Lipinski definition) is 2. The van der Waals surface area contributed by atoms with Crippen LogP contribution in [0.25, 0.3) is 11.1 Å². The fraction of sp³-hybridized carbons (Fsp3) is 0. The highest BCUT2D eigenvalue weighted by atomic mass is 35.5. The van der Waals surface area contributed by atoms with Gasteiger partial charge in [-0.1, -0.05) is 48.0 Å². The Labute approximate surface area is 104 Å². The van der Waals surface area contributed by atoms with Gasteiger partial charge in [-0.15, -0.1) is 0 Å². The summed E-state index contributed by atoms with van der Waals surface area (Å²) in [4.78, 5) is -0.206. The minimum Gasteiger partial charge on any atom is -0.282 e. The average Bonchev–Trinajstić information content (AvgIpc) is 2.29. The number of halogens is 1. The van der Waals surface area contributed by atoms with Gasteiger partial charge in [-0.25, -0.2) is 0 Å². The zero-order chi connectivity index (χ0) is 12.5. The first-order valence-electron chi connectivity index (χ1n) is 4.81. The van der Waals surface area contributed by atoms with Gasteiger partial charge in [0.2, 0.25) is 0 Å². The summed E-state index contributed by atoms with van der Waals surface area (Å²) in [7, 11) is -4.21. The van der Waals surface area contributed by atoms with Gasteiger partial charge in [0.05, 0.1) is 4.90 Å². The Hall–Kier alpha value is -1.36. The Balaban J connectivity index is 2.54. The molecule has 0 aliphatic carbocycles. The normalized spacial score (nSPS) is 11.4. The minimum atomic E-state index is -4.21. The highest BCUT2D eigenvalue weighted by Crippen LogP contribution is 2.29. The summed E-state index contributed by atoms with van der Waals surface area (Å²) < 4.78 is 30.7. The Morgan fingerprint density at radius 1 is 1.00 bits per heavy atom. The lowest BCUT2D eigenvalue weighted by Crippen LogP contribution is -1.97. The topological polar surface area (TPSA) is 54.4 Å². The largest absolute Gasteiger partial charge is 0.294 e. The third-order valence-corrected chi connectivity index (χ3v) is 3.49. The second-order valence-corrected chi connectivity index (χ2v) is 5.31. The molecular weight excluding hydrogens is 260 g/mol. The fourth-order valence-corrected chi connectivity index (χ4v) is 2.37. The van der Waals surface area contributed by atoms with Crippen LogP contribution in [-0.2, 0) is 10.1 Å². The molecule has 0 fully saturated rings. The van der Waals surface area contributed by atoms with Crippen LogP contribution in [0.2, 0.25) is 5.02 Å². The van der Waals surface area contributed by atoms with E-state index in [0.717, 1.165) is 11.1 Å². The highest BCUT2D eigenvalue weighted by molar-refractivity contribution is 7.85. The summed E-state index contributed by atoms with van der Waals surface area (Å²) in [6.45, 7) is 0. The molecule has 0 unspecified atom stereocenters. The van der Waals surface area contributed by atoms with Crippen LogP contribution in [0.3, 0.4) is 0 Å². The summed E-state index contributed by atoms with van der Waals surface area (Å²) in [6, 6.07) is 13.5. The molecule has 2 aromatic carbocycles. The molecule has 0 saturated heterocycles. The van der Waals surface area contributed by atoms with E-state index in [1.54, 1.807) is 6.07 Å². The first-order valence-corrected chi connectivity index (χ1v) is 6.63. The van der Waals surface area contributed by atoms with Gasteiger partial charge in [0.25, 0.3) is 10.1 Å². The summed E-state index contributed by atoms with van der Waals surface area (Å²) in [6.07, 6.45) is 0. The second-order valence-electron chi connectivity index (χ2n) is 3.48. The van der Waals surface area contributed by atoms with Gasteiger partial charge in [-0.05, 0) is 17.7 Å². The highest BCUT2D eigenvalue weighted by Gasteiger charge is 2.12. The van der Waals surface area contributed by atoms with E-state index in [-0.39, 0.29) is 9.92 Å². The van der Waals surface area contributed by atoms with Crippen molar-refractivity contribution in [3.8, 4) is 11.1 Å². The molecule has 0 bridgehead atoms. The molecule has 0 heterocycles. The van der Waals surface area contributed by atoms with Gasteiger partial charge in [-0.2, -0.15) is 8.42 Å². The van der Waals surface area contributed by atoms with Gasteiger partial charge in [0, 0.05) is 10.6 Å². The van der Waals surface area contributed by atoms with Gasteiger partial charge in [0.1, 0.15) is 0 Å².